The third-order valence-corrected chi connectivity index (χ3v) is 5.84. The average Bonchev–Trinajstić information content (AvgIpc) is 2.62. The van der Waals surface area contributed by atoms with Crippen molar-refractivity contribution in [2.24, 2.45) is 5.41 Å². The van der Waals surface area contributed by atoms with Crippen LogP contribution in [0, 0.1) is 16.7 Å². The number of benzene rings is 1. The van der Waals surface area contributed by atoms with E-state index in [1.807, 2.05) is 0 Å². The summed E-state index contributed by atoms with van der Waals surface area (Å²) in [6.45, 7) is 15.3. The normalized spacial score (nSPS) is 17.7. The molecule has 150 valence electrons. The second kappa shape index (κ2) is 9.92. The van der Waals surface area contributed by atoms with Gasteiger partial charge in [0, 0.05) is 0 Å². The highest BCUT2D eigenvalue weighted by Gasteiger charge is 2.29. The lowest BCUT2D eigenvalue weighted by Crippen LogP contribution is -2.22. The van der Waals surface area contributed by atoms with E-state index in [2.05, 4.69) is 71.6 Å². The largest absolute Gasteiger partial charge is 0.192 e. The number of aryl methyl sites for hydroxylation is 1. The number of hydrogen-bond donors (Lipinski definition) is 0. The molecule has 1 unspecified atom stereocenters. The van der Waals surface area contributed by atoms with Crippen molar-refractivity contribution >= 4 is 6.08 Å². The van der Waals surface area contributed by atoms with Gasteiger partial charge in [-0.1, -0.05) is 62.6 Å². The minimum Gasteiger partial charge on any atom is -0.192 e. The van der Waals surface area contributed by atoms with Crippen LogP contribution >= 0.6 is 0 Å². The molecular weight excluding hydrogens is 338 g/mol. The van der Waals surface area contributed by atoms with Crippen molar-refractivity contribution in [3.05, 3.63) is 63.8 Å². The van der Waals surface area contributed by atoms with Crippen molar-refractivity contribution in [2.45, 2.75) is 86.0 Å². The van der Waals surface area contributed by atoms with E-state index >= 15 is 0 Å². The molecule has 0 N–H and O–H groups in total. The highest BCUT2D eigenvalue weighted by Crippen LogP contribution is 2.40. The average molecular weight is 376 g/mol. The Morgan fingerprint density at radius 3 is 2.64 bits per heavy atom. The number of rotatable bonds is 9. The number of fused-ring (bicyclic) bond motifs is 1. The summed E-state index contributed by atoms with van der Waals surface area (Å²) in [5, 5.41) is 9.79. The lowest BCUT2D eigenvalue weighted by atomic mass is 9.71. The highest BCUT2D eigenvalue weighted by molar-refractivity contribution is 5.68. The van der Waals surface area contributed by atoms with Gasteiger partial charge in [-0.3, -0.25) is 0 Å². The van der Waals surface area contributed by atoms with Crippen LogP contribution in [0.3, 0.4) is 0 Å². The fraction of sp³-hybridized carbons (Fsp3) is 0.519. The molecule has 0 amide bonds. The van der Waals surface area contributed by atoms with E-state index in [4.69, 9.17) is 0 Å². The predicted octanol–water partition coefficient (Wildman–Crippen LogP) is 7.73. The molecule has 1 aromatic carbocycles. The molecule has 0 saturated heterocycles. The molecule has 0 bridgehead atoms. The molecule has 0 spiro atoms. The standard InChI is InChI=1S/C27H37N/c1-7-8-9-12-22-17-23(19-28)24-13-15-27(6,14-10-11-20(2)3)18-26(24)25(22)16-21(4)5/h11,13,15,17H,4,7-10,12,14,16,18H2,1-3,5-6H3. The van der Waals surface area contributed by atoms with Crippen LogP contribution in [0.1, 0.15) is 94.5 Å². The van der Waals surface area contributed by atoms with E-state index in [1.54, 1.807) is 0 Å². The van der Waals surface area contributed by atoms with Crippen molar-refractivity contribution < 1.29 is 0 Å². The van der Waals surface area contributed by atoms with Crippen LogP contribution in [0.15, 0.2) is 35.9 Å². The van der Waals surface area contributed by atoms with Crippen LogP contribution in [0.2, 0.25) is 0 Å². The monoisotopic (exact) mass is 375 g/mol. The smallest absolute Gasteiger partial charge is 0.0998 e. The molecule has 1 aromatic rings. The van der Waals surface area contributed by atoms with Crippen LogP contribution in [0.5, 0.6) is 0 Å². The molecule has 0 fully saturated rings. The van der Waals surface area contributed by atoms with Crippen molar-refractivity contribution in [1.82, 2.24) is 0 Å². The Balaban J connectivity index is 2.47. The quantitative estimate of drug-likeness (QED) is 0.320. The summed E-state index contributed by atoms with van der Waals surface area (Å²) >= 11 is 0. The number of allylic oxidation sites excluding steroid dienone is 4. The molecule has 0 radical (unpaired) electrons. The fourth-order valence-corrected chi connectivity index (χ4v) is 4.26. The molecule has 0 aromatic heterocycles. The van der Waals surface area contributed by atoms with Crippen LogP contribution in [0.4, 0.5) is 0 Å². The topological polar surface area (TPSA) is 23.8 Å². The Hall–Kier alpha value is -2.07. The van der Waals surface area contributed by atoms with Gasteiger partial charge in [0.25, 0.3) is 0 Å². The zero-order valence-corrected chi connectivity index (χ0v) is 18.6. The van der Waals surface area contributed by atoms with E-state index in [-0.39, 0.29) is 5.41 Å². The maximum absolute atomic E-state index is 9.79. The number of unbranched alkanes of at least 4 members (excludes halogenated alkanes) is 2. The zero-order valence-electron chi connectivity index (χ0n) is 18.6. The van der Waals surface area contributed by atoms with Gasteiger partial charge < -0.3 is 0 Å². The fourth-order valence-electron chi connectivity index (χ4n) is 4.26. The SMILES string of the molecule is C=C(C)Cc1c(CCCCC)cc(C#N)c2c1CC(C)(CCC=C(C)C)C=C2. The molecule has 28 heavy (non-hydrogen) atoms. The van der Waals surface area contributed by atoms with Gasteiger partial charge in [-0.2, -0.15) is 5.26 Å². The summed E-state index contributed by atoms with van der Waals surface area (Å²) in [7, 11) is 0. The molecule has 1 nitrogen and oxygen atoms in total. The molecule has 1 aliphatic rings. The minimum absolute atomic E-state index is 0.150. The van der Waals surface area contributed by atoms with Gasteiger partial charge in [-0.25, -0.2) is 0 Å². The third-order valence-electron chi connectivity index (χ3n) is 5.84. The van der Waals surface area contributed by atoms with E-state index in [9.17, 15) is 5.26 Å². The Kier molecular flexibility index (Phi) is 7.88. The molecule has 2 rings (SSSR count). The van der Waals surface area contributed by atoms with Gasteiger partial charge in [0.05, 0.1) is 11.6 Å². The lowest BCUT2D eigenvalue weighted by Gasteiger charge is -2.33. The third kappa shape index (κ3) is 5.71. The maximum Gasteiger partial charge on any atom is 0.0998 e. The first-order valence-electron chi connectivity index (χ1n) is 10.8. The van der Waals surface area contributed by atoms with E-state index in [0.717, 1.165) is 43.2 Å². The molecule has 1 atom stereocenters. The molecule has 1 heteroatoms. The van der Waals surface area contributed by atoms with Crippen molar-refractivity contribution in [3.63, 3.8) is 0 Å². The summed E-state index contributed by atoms with van der Waals surface area (Å²) in [6.07, 6.45) is 15.8. The van der Waals surface area contributed by atoms with Gasteiger partial charge in [0.15, 0.2) is 0 Å². The molecule has 0 saturated carbocycles. The Morgan fingerprint density at radius 2 is 2.04 bits per heavy atom. The number of nitriles is 1. The zero-order chi connectivity index (χ0) is 20.7. The highest BCUT2D eigenvalue weighted by atomic mass is 14.3. The van der Waals surface area contributed by atoms with Gasteiger partial charge in [0.2, 0.25) is 0 Å². The first-order chi connectivity index (χ1) is 13.3. The molecular formula is C27H37N. The molecule has 0 aliphatic heterocycles. The Bertz CT molecular complexity index is 812. The van der Waals surface area contributed by atoms with Gasteiger partial charge in [-0.15, -0.1) is 0 Å². The van der Waals surface area contributed by atoms with Crippen molar-refractivity contribution in [3.8, 4) is 6.07 Å². The van der Waals surface area contributed by atoms with Gasteiger partial charge in [-0.05, 0) is 93.0 Å². The van der Waals surface area contributed by atoms with Crippen LogP contribution in [-0.4, -0.2) is 0 Å². The van der Waals surface area contributed by atoms with Gasteiger partial charge in [0.1, 0.15) is 0 Å². The van der Waals surface area contributed by atoms with Crippen LogP contribution < -0.4 is 0 Å². The molecule has 0 heterocycles. The van der Waals surface area contributed by atoms with Gasteiger partial charge >= 0.3 is 0 Å². The first-order valence-corrected chi connectivity index (χ1v) is 10.8. The molecule has 1 aliphatic carbocycles. The van der Waals surface area contributed by atoms with Crippen molar-refractivity contribution in [2.75, 3.05) is 0 Å². The predicted molar refractivity (Wildman–Crippen MR) is 122 cm³/mol. The summed E-state index contributed by atoms with van der Waals surface area (Å²) in [5.74, 6) is 0. The number of nitrogens with zero attached hydrogens (tertiary/aromatic N) is 1. The van der Waals surface area contributed by atoms with E-state index in [1.165, 1.54) is 47.1 Å². The Morgan fingerprint density at radius 1 is 1.29 bits per heavy atom. The Labute approximate surface area is 172 Å². The summed E-state index contributed by atoms with van der Waals surface area (Å²) < 4.78 is 0. The van der Waals surface area contributed by atoms with E-state index < -0.39 is 0 Å². The summed E-state index contributed by atoms with van der Waals surface area (Å²) in [5.41, 5.74) is 8.94. The lowest BCUT2D eigenvalue weighted by molar-refractivity contribution is 0.388. The number of hydrogen-bond acceptors (Lipinski definition) is 1. The van der Waals surface area contributed by atoms with E-state index in [0.29, 0.717) is 0 Å². The second-order valence-electron chi connectivity index (χ2n) is 9.14. The minimum atomic E-state index is 0.150. The summed E-state index contributed by atoms with van der Waals surface area (Å²) in [4.78, 5) is 0. The van der Waals surface area contributed by atoms with Crippen molar-refractivity contribution in [1.29, 1.82) is 5.26 Å². The maximum atomic E-state index is 9.79. The summed E-state index contributed by atoms with van der Waals surface area (Å²) in [6, 6.07) is 4.62. The first kappa shape index (κ1) is 22.2. The van der Waals surface area contributed by atoms with Crippen LogP contribution in [0.25, 0.3) is 6.08 Å². The van der Waals surface area contributed by atoms with Crippen LogP contribution in [-0.2, 0) is 19.3 Å². The second-order valence-corrected chi connectivity index (χ2v) is 9.14.